The number of aliphatic hydroxyl groups is 1. The first kappa shape index (κ1) is 26.6. The van der Waals surface area contributed by atoms with Gasteiger partial charge in [-0.2, -0.15) is 0 Å². The van der Waals surface area contributed by atoms with Crippen LogP contribution in [-0.2, 0) is 11.3 Å². The molecule has 2 aliphatic rings. The lowest BCUT2D eigenvalue weighted by Crippen LogP contribution is -2.53. The minimum Gasteiger partial charge on any atom is -0.386 e. The highest BCUT2D eigenvalue weighted by Gasteiger charge is 2.28. The highest BCUT2D eigenvalue weighted by molar-refractivity contribution is 6.30. The van der Waals surface area contributed by atoms with Gasteiger partial charge in [0.25, 0.3) is 0 Å². The van der Waals surface area contributed by atoms with E-state index in [0.29, 0.717) is 24.4 Å². The summed E-state index contributed by atoms with van der Waals surface area (Å²) in [5, 5.41) is 11.5. The van der Waals surface area contributed by atoms with Crippen molar-refractivity contribution in [2.75, 3.05) is 39.8 Å². The predicted octanol–water partition coefficient (Wildman–Crippen LogP) is 4.70. The van der Waals surface area contributed by atoms with E-state index in [-0.39, 0.29) is 17.8 Å². The third-order valence-corrected chi connectivity index (χ3v) is 7.43. The van der Waals surface area contributed by atoms with E-state index in [4.69, 9.17) is 11.6 Å². The number of hydrogen-bond acceptors (Lipinski definition) is 4. The van der Waals surface area contributed by atoms with Gasteiger partial charge in [0.05, 0.1) is 5.60 Å². The third kappa shape index (κ3) is 7.04. The summed E-state index contributed by atoms with van der Waals surface area (Å²) in [5.74, 6) is -0.255. The summed E-state index contributed by atoms with van der Waals surface area (Å²) in [6.45, 7) is 6.68. The SMILES string of the molecule is C[C@H]1CN(Cc2ccc(F)cc2)CCN1C(=O)/C=C/c1ccc(Cl)cc1/C=C/C1(O)CCN(C)CC1. The van der Waals surface area contributed by atoms with Gasteiger partial charge in [0.1, 0.15) is 5.82 Å². The van der Waals surface area contributed by atoms with E-state index in [2.05, 4.69) is 23.8 Å². The summed E-state index contributed by atoms with van der Waals surface area (Å²) < 4.78 is 13.2. The molecule has 1 amide bonds. The van der Waals surface area contributed by atoms with Crippen LogP contribution >= 0.6 is 11.6 Å². The Kier molecular flexibility index (Phi) is 8.62. The van der Waals surface area contributed by atoms with Crippen LogP contribution in [-0.4, -0.2) is 77.1 Å². The van der Waals surface area contributed by atoms with Crippen LogP contribution < -0.4 is 0 Å². The summed E-state index contributed by atoms with van der Waals surface area (Å²) in [6, 6.07) is 12.2. The highest BCUT2D eigenvalue weighted by atomic mass is 35.5. The quantitative estimate of drug-likeness (QED) is 0.571. The fraction of sp³-hybridized carbons (Fsp3) is 0.414. The first-order chi connectivity index (χ1) is 17.2. The second kappa shape index (κ2) is 11.7. The molecule has 4 rings (SSSR count). The van der Waals surface area contributed by atoms with Gasteiger partial charge in [-0.05, 0) is 73.8 Å². The van der Waals surface area contributed by atoms with Gasteiger partial charge in [-0.15, -0.1) is 0 Å². The summed E-state index contributed by atoms with van der Waals surface area (Å²) in [5.41, 5.74) is 1.99. The number of benzene rings is 2. The van der Waals surface area contributed by atoms with Gasteiger partial charge in [0.2, 0.25) is 5.91 Å². The topological polar surface area (TPSA) is 47.0 Å². The van der Waals surface area contributed by atoms with Gasteiger partial charge in [0, 0.05) is 56.4 Å². The second-order valence-corrected chi connectivity index (χ2v) is 10.5. The van der Waals surface area contributed by atoms with Crippen molar-refractivity contribution < 1.29 is 14.3 Å². The maximum Gasteiger partial charge on any atom is 0.246 e. The van der Waals surface area contributed by atoms with E-state index in [1.54, 1.807) is 6.08 Å². The number of piperidine rings is 1. The maximum atomic E-state index is 13.2. The molecule has 0 bridgehead atoms. The smallest absolute Gasteiger partial charge is 0.246 e. The fourth-order valence-corrected chi connectivity index (χ4v) is 5.05. The Morgan fingerprint density at radius 3 is 2.50 bits per heavy atom. The Bertz CT molecular complexity index is 1110. The van der Waals surface area contributed by atoms with Gasteiger partial charge >= 0.3 is 0 Å². The number of carbonyl (C=O) groups excluding carboxylic acids is 1. The zero-order chi connectivity index (χ0) is 25.7. The molecule has 0 saturated carbocycles. The van der Waals surface area contributed by atoms with Gasteiger partial charge in [-0.25, -0.2) is 4.39 Å². The molecular weight excluding hydrogens is 477 g/mol. The van der Waals surface area contributed by atoms with E-state index in [1.165, 1.54) is 12.1 Å². The van der Waals surface area contributed by atoms with E-state index in [0.717, 1.165) is 49.4 Å². The lowest BCUT2D eigenvalue weighted by Gasteiger charge is -2.39. The van der Waals surface area contributed by atoms with Gasteiger partial charge < -0.3 is 14.9 Å². The average Bonchev–Trinajstić information content (AvgIpc) is 2.85. The molecule has 36 heavy (non-hydrogen) atoms. The summed E-state index contributed by atoms with van der Waals surface area (Å²) in [6.07, 6.45) is 8.61. The minimum atomic E-state index is -0.825. The second-order valence-electron chi connectivity index (χ2n) is 10.1. The number of carbonyl (C=O) groups is 1. The predicted molar refractivity (Wildman–Crippen MR) is 144 cm³/mol. The molecule has 5 nitrogen and oxygen atoms in total. The molecule has 0 radical (unpaired) electrons. The van der Waals surface area contributed by atoms with Crippen LogP contribution in [0.15, 0.2) is 54.6 Å². The summed E-state index contributed by atoms with van der Waals surface area (Å²) >= 11 is 6.25. The Labute approximate surface area is 218 Å². The van der Waals surface area contributed by atoms with Crippen molar-refractivity contribution in [2.45, 2.75) is 38.0 Å². The molecule has 2 aromatic carbocycles. The lowest BCUT2D eigenvalue weighted by atomic mass is 9.90. The molecule has 2 heterocycles. The Morgan fingerprint density at radius 1 is 1.08 bits per heavy atom. The van der Waals surface area contributed by atoms with Crippen LogP contribution in [0.4, 0.5) is 4.39 Å². The van der Waals surface area contributed by atoms with Gasteiger partial charge in [0.15, 0.2) is 0 Å². The van der Waals surface area contributed by atoms with Crippen LogP contribution in [0.1, 0.15) is 36.5 Å². The number of hydrogen-bond donors (Lipinski definition) is 1. The van der Waals surface area contributed by atoms with Gasteiger partial charge in [-0.3, -0.25) is 9.69 Å². The third-order valence-electron chi connectivity index (χ3n) is 7.19. The zero-order valence-corrected chi connectivity index (χ0v) is 21.8. The number of amides is 1. The molecule has 0 unspecified atom stereocenters. The van der Waals surface area contributed by atoms with E-state index in [1.807, 2.05) is 53.5 Å². The molecule has 2 fully saturated rings. The molecule has 192 valence electrons. The highest BCUT2D eigenvalue weighted by Crippen LogP contribution is 2.26. The van der Waals surface area contributed by atoms with Gasteiger partial charge in [-0.1, -0.05) is 42.0 Å². The number of halogens is 2. The fourth-order valence-electron chi connectivity index (χ4n) is 4.87. The molecule has 0 spiro atoms. The minimum absolute atomic E-state index is 0.0252. The number of likely N-dealkylation sites (tertiary alicyclic amines) is 1. The van der Waals surface area contributed by atoms with E-state index in [9.17, 15) is 14.3 Å². The molecule has 0 aliphatic carbocycles. The molecule has 1 N–H and O–H groups in total. The molecule has 0 aromatic heterocycles. The molecule has 2 aliphatic heterocycles. The van der Waals surface area contributed by atoms with Crippen molar-refractivity contribution in [3.05, 3.63) is 82.1 Å². The van der Waals surface area contributed by atoms with Crippen molar-refractivity contribution in [3.63, 3.8) is 0 Å². The monoisotopic (exact) mass is 511 g/mol. The zero-order valence-electron chi connectivity index (χ0n) is 21.0. The van der Waals surface area contributed by atoms with E-state index >= 15 is 0 Å². The van der Waals surface area contributed by atoms with Crippen LogP contribution in [0.5, 0.6) is 0 Å². The van der Waals surface area contributed by atoms with Crippen molar-refractivity contribution in [1.29, 1.82) is 0 Å². The lowest BCUT2D eigenvalue weighted by molar-refractivity contribution is -0.130. The molecular formula is C29H35ClFN3O2. The maximum absolute atomic E-state index is 13.2. The molecule has 2 aromatic rings. The van der Waals surface area contributed by atoms with Crippen LogP contribution in [0.3, 0.4) is 0 Å². The molecule has 1 atom stereocenters. The van der Waals surface area contributed by atoms with Crippen LogP contribution in [0.2, 0.25) is 5.02 Å². The van der Waals surface area contributed by atoms with Crippen LogP contribution in [0, 0.1) is 5.82 Å². The number of piperazine rings is 1. The summed E-state index contributed by atoms with van der Waals surface area (Å²) in [4.78, 5) is 19.4. The first-order valence-electron chi connectivity index (χ1n) is 12.6. The van der Waals surface area contributed by atoms with Crippen molar-refractivity contribution in [3.8, 4) is 0 Å². The van der Waals surface area contributed by atoms with Crippen LogP contribution in [0.25, 0.3) is 12.2 Å². The largest absolute Gasteiger partial charge is 0.386 e. The number of nitrogens with zero attached hydrogens (tertiary/aromatic N) is 3. The Balaban J connectivity index is 1.39. The number of rotatable bonds is 6. The normalized spacial score (nSPS) is 21.5. The first-order valence-corrected chi connectivity index (χ1v) is 12.9. The summed E-state index contributed by atoms with van der Waals surface area (Å²) in [7, 11) is 2.06. The standard InChI is InChI=1S/C29H35ClFN3O2/c1-22-20-33(21-23-3-8-27(31)9-4-23)17-18-34(22)28(35)10-6-24-5-7-26(30)19-25(24)11-12-29(36)13-15-32(2)16-14-29/h3-12,19,22,36H,13-18,20-21H2,1-2H3/b10-6+,12-11+/t22-/m0/s1. The molecule has 7 heteroatoms. The Hall–Kier alpha value is -2.51. The van der Waals surface area contributed by atoms with Crippen molar-refractivity contribution >= 4 is 29.7 Å². The van der Waals surface area contributed by atoms with Crippen molar-refractivity contribution in [2.24, 2.45) is 0 Å². The van der Waals surface area contributed by atoms with Crippen molar-refractivity contribution in [1.82, 2.24) is 14.7 Å². The average molecular weight is 512 g/mol. The molecule has 2 saturated heterocycles. The van der Waals surface area contributed by atoms with E-state index < -0.39 is 5.60 Å². The Morgan fingerprint density at radius 2 is 1.81 bits per heavy atom.